The van der Waals surface area contributed by atoms with Gasteiger partial charge >= 0.3 is 0 Å². The minimum absolute atomic E-state index is 0.131. The molecule has 1 saturated carbocycles. The monoisotopic (exact) mass is 325 g/mol. The van der Waals surface area contributed by atoms with Crippen LogP contribution >= 0.6 is 0 Å². The van der Waals surface area contributed by atoms with E-state index in [0.717, 1.165) is 24.0 Å². The molecule has 126 valence electrons. The average Bonchev–Trinajstić information content (AvgIpc) is 3.02. The molecule has 0 heterocycles. The summed E-state index contributed by atoms with van der Waals surface area (Å²) in [6.07, 6.45) is 1.79. The van der Waals surface area contributed by atoms with Crippen molar-refractivity contribution in [1.29, 1.82) is 0 Å². The molecule has 0 aromatic heterocycles. The third-order valence-electron chi connectivity index (χ3n) is 4.45. The van der Waals surface area contributed by atoms with Crippen LogP contribution < -0.4 is 10.1 Å². The van der Waals surface area contributed by atoms with Gasteiger partial charge in [0.25, 0.3) is 0 Å². The van der Waals surface area contributed by atoms with E-state index in [0.29, 0.717) is 24.5 Å². The molecule has 1 aliphatic rings. The number of carbonyl (C=O) groups excluding carboxylic acids is 1. The number of aliphatic hydroxyl groups is 1. The Hall–Kier alpha value is -2.33. The lowest BCUT2D eigenvalue weighted by molar-refractivity contribution is -0.122. The first-order valence-corrected chi connectivity index (χ1v) is 8.40. The Labute approximate surface area is 142 Å². The Morgan fingerprint density at radius 2 is 2.00 bits per heavy atom. The first kappa shape index (κ1) is 16.5. The molecular weight excluding hydrogens is 302 g/mol. The zero-order valence-electron chi connectivity index (χ0n) is 13.9. The van der Waals surface area contributed by atoms with Gasteiger partial charge in [0.1, 0.15) is 12.4 Å². The van der Waals surface area contributed by atoms with Crippen molar-refractivity contribution in [3.63, 3.8) is 0 Å². The number of aryl methyl sites for hydroxylation is 1. The van der Waals surface area contributed by atoms with E-state index in [1.54, 1.807) is 0 Å². The fourth-order valence-corrected chi connectivity index (χ4v) is 3.06. The Balaban J connectivity index is 1.72. The van der Waals surface area contributed by atoms with Crippen LogP contribution in [0.15, 0.2) is 48.5 Å². The van der Waals surface area contributed by atoms with Crippen molar-refractivity contribution in [3.05, 3.63) is 59.7 Å². The van der Waals surface area contributed by atoms with Gasteiger partial charge in [-0.2, -0.15) is 0 Å². The van der Waals surface area contributed by atoms with Gasteiger partial charge in [-0.3, -0.25) is 4.79 Å². The van der Waals surface area contributed by atoms with Crippen molar-refractivity contribution in [2.45, 2.75) is 38.9 Å². The van der Waals surface area contributed by atoms with Gasteiger partial charge in [-0.25, -0.2) is 0 Å². The highest BCUT2D eigenvalue weighted by Gasteiger charge is 2.31. The highest BCUT2D eigenvalue weighted by molar-refractivity contribution is 5.94. The molecular formula is C20H23NO3. The van der Waals surface area contributed by atoms with Gasteiger partial charge in [-0.1, -0.05) is 36.4 Å². The number of amides is 1. The standard InChI is InChI=1S/C20H23NO3/c1-14-10-11-17(21-20(23)16-8-5-9-18(16)22)19(12-14)24-13-15-6-3-2-4-7-15/h2-4,6-7,10-12,16,18,22H,5,8-9,13H2,1H3,(H,21,23). The van der Waals surface area contributed by atoms with Gasteiger partial charge in [0, 0.05) is 0 Å². The lowest BCUT2D eigenvalue weighted by atomic mass is 10.0. The summed E-state index contributed by atoms with van der Waals surface area (Å²) in [6, 6.07) is 15.6. The number of ether oxygens (including phenoxy) is 1. The van der Waals surface area contributed by atoms with Crippen molar-refractivity contribution in [3.8, 4) is 5.75 Å². The minimum Gasteiger partial charge on any atom is -0.487 e. The van der Waals surface area contributed by atoms with E-state index in [1.165, 1.54) is 0 Å². The van der Waals surface area contributed by atoms with Crippen LogP contribution in [0.5, 0.6) is 5.75 Å². The highest BCUT2D eigenvalue weighted by Crippen LogP contribution is 2.30. The predicted molar refractivity (Wildman–Crippen MR) is 93.9 cm³/mol. The van der Waals surface area contributed by atoms with Gasteiger partial charge in [0.05, 0.1) is 17.7 Å². The number of anilines is 1. The first-order chi connectivity index (χ1) is 11.6. The van der Waals surface area contributed by atoms with E-state index in [1.807, 2.05) is 55.5 Å². The van der Waals surface area contributed by atoms with E-state index >= 15 is 0 Å². The quantitative estimate of drug-likeness (QED) is 0.882. The third kappa shape index (κ3) is 3.95. The molecule has 2 aromatic rings. The Morgan fingerprint density at radius 3 is 2.71 bits per heavy atom. The number of carbonyl (C=O) groups is 1. The molecule has 0 bridgehead atoms. The summed E-state index contributed by atoms with van der Waals surface area (Å²) in [4.78, 5) is 12.4. The van der Waals surface area contributed by atoms with Gasteiger partial charge in [0.2, 0.25) is 5.91 Å². The van der Waals surface area contributed by atoms with Crippen LogP contribution in [0.4, 0.5) is 5.69 Å². The molecule has 0 aliphatic heterocycles. The van der Waals surface area contributed by atoms with Gasteiger partial charge in [-0.05, 0) is 49.4 Å². The summed E-state index contributed by atoms with van der Waals surface area (Å²) < 4.78 is 5.92. The fourth-order valence-electron chi connectivity index (χ4n) is 3.06. The van der Waals surface area contributed by atoms with E-state index in [4.69, 9.17) is 4.74 Å². The number of nitrogens with one attached hydrogen (secondary N) is 1. The summed E-state index contributed by atoms with van der Waals surface area (Å²) in [7, 11) is 0. The van der Waals surface area contributed by atoms with Gasteiger partial charge < -0.3 is 15.2 Å². The summed E-state index contributed by atoms with van der Waals surface area (Å²) in [5, 5.41) is 12.8. The Morgan fingerprint density at radius 1 is 1.21 bits per heavy atom. The SMILES string of the molecule is Cc1ccc(NC(=O)C2CCCC2O)c(OCc2ccccc2)c1. The lowest BCUT2D eigenvalue weighted by Gasteiger charge is -2.17. The molecule has 2 N–H and O–H groups in total. The molecule has 0 saturated heterocycles. The maximum Gasteiger partial charge on any atom is 0.230 e. The van der Waals surface area contributed by atoms with Crippen LogP contribution in [0, 0.1) is 12.8 Å². The molecule has 2 unspecified atom stereocenters. The van der Waals surface area contributed by atoms with Gasteiger partial charge in [0.15, 0.2) is 0 Å². The Kier molecular flexibility index (Phi) is 5.16. The average molecular weight is 325 g/mol. The van der Waals surface area contributed by atoms with Crippen molar-refractivity contribution in [2.75, 3.05) is 5.32 Å². The minimum atomic E-state index is -0.538. The van der Waals surface area contributed by atoms with Crippen molar-refractivity contribution < 1.29 is 14.6 Å². The smallest absolute Gasteiger partial charge is 0.230 e. The molecule has 1 aliphatic carbocycles. The molecule has 0 spiro atoms. The molecule has 3 rings (SSSR count). The zero-order chi connectivity index (χ0) is 16.9. The van der Waals surface area contributed by atoms with Gasteiger partial charge in [-0.15, -0.1) is 0 Å². The van der Waals surface area contributed by atoms with Crippen LogP contribution in [-0.2, 0) is 11.4 Å². The van der Waals surface area contributed by atoms with Crippen LogP contribution in [0.3, 0.4) is 0 Å². The molecule has 4 heteroatoms. The van der Waals surface area contributed by atoms with E-state index in [2.05, 4.69) is 5.32 Å². The van der Waals surface area contributed by atoms with Crippen molar-refractivity contribution in [1.82, 2.24) is 0 Å². The molecule has 2 aromatic carbocycles. The van der Waals surface area contributed by atoms with Crippen LogP contribution in [0.25, 0.3) is 0 Å². The maximum absolute atomic E-state index is 12.4. The first-order valence-electron chi connectivity index (χ1n) is 8.40. The maximum atomic E-state index is 12.4. The summed E-state index contributed by atoms with van der Waals surface area (Å²) in [5.41, 5.74) is 2.79. The number of aliphatic hydroxyl groups excluding tert-OH is 1. The molecule has 4 nitrogen and oxygen atoms in total. The van der Waals surface area contributed by atoms with Crippen LogP contribution in [0.1, 0.15) is 30.4 Å². The van der Waals surface area contributed by atoms with Crippen LogP contribution in [-0.4, -0.2) is 17.1 Å². The van der Waals surface area contributed by atoms with Crippen LogP contribution in [0.2, 0.25) is 0 Å². The number of benzene rings is 2. The highest BCUT2D eigenvalue weighted by atomic mass is 16.5. The number of rotatable bonds is 5. The van der Waals surface area contributed by atoms with E-state index in [9.17, 15) is 9.90 Å². The van der Waals surface area contributed by atoms with Crippen molar-refractivity contribution in [2.24, 2.45) is 5.92 Å². The molecule has 24 heavy (non-hydrogen) atoms. The summed E-state index contributed by atoms with van der Waals surface area (Å²) in [5.74, 6) is 0.196. The van der Waals surface area contributed by atoms with Crippen molar-refractivity contribution >= 4 is 11.6 Å². The normalized spacial score (nSPS) is 19.9. The second-order valence-electron chi connectivity index (χ2n) is 6.37. The number of hydrogen-bond donors (Lipinski definition) is 2. The lowest BCUT2D eigenvalue weighted by Crippen LogP contribution is -2.28. The third-order valence-corrected chi connectivity index (χ3v) is 4.45. The topological polar surface area (TPSA) is 58.6 Å². The number of hydrogen-bond acceptors (Lipinski definition) is 3. The zero-order valence-corrected chi connectivity index (χ0v) is 13.9. The fraction of sp³-hybridized carbons (Fsp3) is 0.350. The molecule has 2 atom stereocenters. The van der Waals surface area contributed by atoms with E-state index in [-0.39, 0.29) is 11.8 Å². The summed E-state index contributed by atoms with van der Waals surface area (Å²) in [6.45, 7) is 2.43. The second-order valence-corrected chi connectivity index (χ2v) is 6.37. The Bertz CT molecular complexity index is 699. The largest absolute Gasteiger partial charge is 0.487 e. The molecule has 1 amide bonds. The predicted octanol–water partition coefficient (Wildman–Crippen LogP) is 3.67. The second kappa shape index (κ2) is 7.49. The molecule has 0 radical (unpaired) electrons. The van der Waals surface area contributed by atoms with E-state index < -0.39 is 6.10 Å². The summed E-state index contributed by atoms with van der Waals surface area (Å²) >= 11 is 0. The molecule has 1 fully saturated rings.